The molecule has 4 heteroatoms. The zero-order valence-electron chi connectivity index (χ0n) is 12.5. The molecule has 116 valence electrons. The Bertz CT molecular complexity index is 221. The minimum atomic E-state index is -0.191. The maximum absolute atomic E-state index is 11.3. The monoisotopic (exact) mass is 276 g/mol. The molecule has 4 nitrogen and oxygen atoms in total. The molecule has 0 aromatic rings. The first-order valence-corrected chi connectivity index (χ1v) is 6.76. The first kappa shape index (κ1) is 20.7. The predicted octanol–water partition coefficient (Wildman–Crippen LogP) is 3.58. The number of carbonyl (C=O) groups excluding carboxylic acids is 1. The highest BCUT2D eigenvalue weighted by atomic mass is 16.6. The summed E-state index contributed by atoms with van der Waals surface area (Å²) >= 11 is 0. The van der Waals surface area contributed by atoms with Crippen LogP contribution in [0.5, 0.6) is 0 Å². The Morgan fingerprint density at radius 3 is 2.37 bits per heavy atom. The summed E-state index contributed by atoms with van der Waals surface area (Å²) in [6, 6.07) is 0. The van der Waals surface area contributed by atoms with Crippen LogP contribution in [0.1, 0.15) is 61.3 Å². The lowest BCUT2D eigenvalue weighted by atomic mass is 10.2. The van der Waals surface area contributed by atoms with Gasteiger partial charge >= 0.3 is 5.97 Å². The minimum absolute atomic E-state index is 0. The maximum Gasteiger partial charge on any atom is 0.306 e. The van der Waals surface area contributed by atoms with Crippen molar-refractivity contribution in [2.45, 2.75) is 73.0 Å². The maximum atomic E-state index is 11.3. The van der Waals surface area contributed by atoms with E-state index >= 15 is 0 Å². The molecular formula is C15H32O4. The molecule has 0 saturated carbocycles. The molecule has 0 aliphatic rings. The Hall–Kier alpha value is -0.610. The summed E-state index contributed by atoms with van der Waals surface area (Å²) in [5, 5.41) is 0. The summed E-state index contributed by atoms with van der Waals surface area (Å²) in [7, 11) is 0. The van der Waals surface area contributed by atoms with Crippen molar-refractivity contribution in [3.8, 4) is 0 Å². The molecular weight excluding hydrogens is 244 g/mol. The van der Waals surface area contributed by atoms with Crippen LogP contribution in [0.3, 0.4) is 0 Å². The third-order valence-corrected chi connectivity index (χ3v) is 2.18. The van der Waals surface area contributed by atoms with Gasteiger partial charge in [0.15, 0.2) is 0 Å². The van der Waals surface area contributed by atoms with Crippen LogP contribution in [0, 0.1) is 0 Å². The average molecular weight is 276 g/mol. The Morgan fingerprint density at radius 1 is 1.21 bits per heavy atom. The smallest absolute Gasteiger partial charge is 0.306 e. The molecule has 0 heterocycles. The summed E-state index contributed by atoms with van der Waals surface area (Å²) in [5.41, 5.74) is -0.137. The van der Waals surface area contributed by atoms with Gasteiger partial charge in [-0.15, -0.1) is 0 Å². The summed E-state index contributed by atoms with van der Waals surface area (Å²) in [5.74, 6) is -0.140. The molecule has 0 aliphatic carbocycles. The molecule has 19 heavy (non-hydrogen) atoms. The summed E-state index contributed by atoms with van der Waals surface area (Å²) in [6.07, 6.45) is 2.19. The first-order valence-electron chi connectivity index (χ1n) is 6.76. The highest BCUT2D eigenvalue weighted by Crippen LogP contribution is 2.06. The second kappa shape index (κ2) is 11.2. The second-order valence-electron chi connectivity index (χ2n) is 5.44. The summed E-state index contributed by atoms with van der Waals surface area (Å²) < 4.78 is 16.1. The topological polar surface area (TPSA) is 44.8 Å². The highest BCUT2D eigenvalue weighted by molar-refractivity contribution is 5.69. The molecule has 0 saturated heterocycles. The van der Waals surface area contributed by atoms with Crippen molar-refractivity contribution in [2.24, 2.45) is 0 Å². The number of unbranched alkanes of at least 4 members (excludes halogenated alkanes) is 1. The van der Waals surface area contributed by atoms with Crippen molar-refractivity contribution >= 4 is 5.97 Å². The third kappa shape index (κ3) is 15.3. The van der Waals surface area contributed by atoms with Crippen LogP contribution in [-0.2, 0) is 19.0 Å². The summed E-state index contributed by atoms with van der Waals surface area (Å²) in [4.78, 5) is 11.3. The van der Waals surface area contributed by atoms with Crippen molar-refractivity contribution in [3.05, 3.63) is 0 Å². The van der Waals surface area contributed by atoms with Crippen LogP contribution in [0.2, 0.25) is 0 Å². The number of rotatable bonds is 9. The van der Waals surface area contributed by atoms with Crippen molar-refractivity contribution in [1.82, 2.24) is 0 Å². The standard InChI is InChI=1S/C14H28O4.CH4/c1-6-7-8-13(15)18-12(2)11-16-9-10-17-14(3,4)5;/h12H,6-11H2,1-5H3;1H4. The van der Waals surface area contributed by atoms with Gasteiger partial charge in [0.05, 0.1) is 25.4 Å². The highest BCUT2D eigenvalue weighted by Gasteiger charge is 2.11. The van der Waals surface area contributed by atoms with Gasteiger partial charge in [0, 0.05) is 6.42 Å². The molecule has 1 unspecified atom stereocenters. The molecule has 0 amide bonds. The largest absolute Gasteiger partial charge is 0.460 e. The van der Waals surface area contributed by atoms with E-state index in [0.29, 0.717) is 26.2 Å². The number of carbonyl (C=O) groups is 1. The Kier molecular flexibility index (Phi) is 12.2. The van der Waals surface area contributed by atoms with Crippen molar-refractivity contribution < 1.29 is 19.0 Å². The normalized spacial score (nSPS) is 12.7. The lowest BCUT2D eigenvalue weighted by molar-refractivity contribution is -0.151. The van der Waals surface area contributed by atoms with E-state index in [2.05, 4.69) is 6.92 Å². The van der Waals surface area contributed by atoms with E-state index in [1.807, 2.05) is 27.7 Å². The first-order chi connectivity index (χ1) is 8.35. The molecule has 0 aromatic carbocycles. The lowest BCUT2D eigenvalue weighted by Crippen LogP contribution is -2.24. The summed E-state index contributed by atoms with van der Waals surface area (Å²) in [6.45, 7) is 11.4. The van der Waals surface area contributed by atoms with Gasteiger partial charge in [-0.25, -0.2) is 0 Å². The van der Waals surface area contributed by atoms with E-state index < -0.39 is 0 Å². The molecule has 0 aromatic heterocycles. The van der Waals surface area contributed by atoms with E-state index in [0.717, 1.165) is 12.8 Å². The van der Waals surface area contributed by atoms with Gasteiger partial charge in [-0.2, -0.15) is 0 Å². The van der Waals surface area contributed by atoms with Gasteiger partial charge in [0.1, 0.15) is 6.10 Å². The zero-order valence-corrected chi connectivity index (χ0v) is 12.5. The van der Waals surface area contributed by atoms with Crippen LogP contribution in [0.15, 0.2) is 0 Å². The average Bonchev–Trinajstić information content (AvgIpc) is 2.24. The predicted molar refractivity (Wildman–Crippen MR) is 78.3 cm³/mol. The molecule has 0 fully saturated rings. The lowest BCUT2D eigenvalue weighted by Gasteiger charge is -2.20. The van der Waals surface area contributed by atoms with E-state index in [1.165, 1.54) is 0 Å². The van der Waals surface area contributed by atoms with Gasteiger partial charge < -0.3 is 14.2 Å². The molecule has 0 rings (SSSR count). The van der Waals surface area contributed by atoms with Gasteiger partial charge in [0.2, 0.25) is 0 Å². The Morgan fingerprint density at radius 2 is 1.84 bits per heavy atom. The Balaban J connectivity index is 0. The van der Waals surface area contributed by atoms with Crippen molar-refractivity contribution in [3.63, 3.8) is 0 Å². The molecule has 0 radical (unpaired) electrons. The van der Waals surface area contributed by atoms with Gasteiger partial charge in [0.25, 0.3) is 0 Å². The van der Waals surface area contributed by atoms with Crippen molar-refractivity contribution in [2.75, 3.05) is 19.8 Å². The zero-order chi connectivity index (χ0) is 14.0. The fourth-order valence-corrected chi connectivity index (χ4v) is 1.29. The van der Waals surface area contributed by atoms with Crippen LogP contribution < -0.4 is 0 Å². The van der Waals surface area contributed by atoms with Crippen molar-refractivity contribution in [1.29, 1.82) is 0 Å². The second-order valence-corrected chi connectivity index (χ2v) is 5.44. The van der Waals surface area contributed by atoms with E-state index in [4.69, 9.17) is 14.2 Å². The van der Waals surface area contributed by atoms with Crippen LogP contribution in [0.25, 0.3) is 0 Å². The molecule has 0 N–H and O–H groups in total. The number of hydrogen-bond acceptors (Lipinski definition) is 4. The van der Waals surface area contributed by atoms with E-state index in [9.17, 15) is 4.79 Å². The van der Waals surface area contributed by atoms with Crippen LogP contribution in [0.4, 0.5) is 0 Å². The Labute approximate surface area is 118 Å². The van der Waals surface area contributed by atoms with Crippen LogP contribution in [-0.4, -0.2) is 37.5 Å². The fraction of sp³-hybridized carbons (Fsp3) is 0.933. The molecule has 0 spiro atoms. The van der Waals surface area contributed by atoms with Gasteiger partial charge in [-0.1, -0.05) is 20.8 Å². The van der Waals surface area contributed by atoms with Crippen LogP contribution >= 0.6 is 0 Å². The van der Waals surface area contributed by atoms with E-state index in [1.54, 1.807) is 0 Å². The fourth-order valence-electron chi connectivity index (χ4n) is 1.29. The molecule has 0 bridgehead atoms. The SMILES string of the molecule is C.CCCCC(=O)OC(C)COCCOC(C)(C)C. The number of hydrogen-bond donors (Lipinski definition) is 0. The number of ether oxygens (including phenoxy) is 3. The third-order valence-electron chi connectivity index (χ3n) is 2.18. The minimum Gasteiger partial charge on any atom is -0.460 e. The van der Waals surface area contributed by atoms with Gasteiger partial charge in [-0.05, 0) is 34.1 Å². The quantitative estimate of drug-likeness (QED) is 0.477. The molecule has 1 atom stereocenters. The number of esters is 1. The molecule has 0 aliphatic heterocycles. The van der Waals surface area contributed by atoms with E-state index in [-0.39, 0.29) is 25.1 Å². The van der Waals surface area contributed by atoms with Gasteiger partial charge in [-0.3, -0.25) is 4.79 Å².